The zero-order valence-corrected chi connectivity index (χ0v) is 15.5. The van der Waals surface area contributed by atoms with E-state index in [2.05, 4.69) is 0 Å². The minimum absolute atomic E-state index is 0.0856. The lowest BCUT2D eigenvalue weighted by atomic mass is 10.1. The Bertz CT molecular complexity index is 971. The smallest absolute Gasteiger partial charge is 0.498 e. The number of aromatic hydroxyl groups is 1. The second kappa shape index (κ2) is 8.61. The van der Waals surface area contributed by atoms with Crippen molar-refractivity contribution in [1.82, 2.24) is 4.57 Å². The summed E-state index contributed by atoms with van der Waals surface area (Å²) >= 11 is 0. The van der Waals surface area contributed by atoms with Gasteiger partial charge >= 0.3 is 5.69 Å². The van der Waals surface area contributed by atoms with Gasteiger partial charge in [-0.25, -0.2) is 8.42 Å². The van der Waals surface area contributed by atoms with E-state index in [0.29, 0.717) is 5.75 Å². The van der Waals surface area contributed by atoms with Crippen LogP contribution in [0, 0.1) is 6.92 Å². The highest BCUT2D eigenvalue weighted by Gasteiger charge is 2.11. The van der Waals surface area contributed by atoms with Crippen LogP contribution >= 0.6 is 0 Å². The van der Waals surface area contributed by atoms with Gasteiger partial charge in [0, 0.05) is 11.6 Å². The van der Waals surface area contributed by atoms with E-state index in [-0.39, 0.29) is 11.4 Å². The Kier molecular flexibility index (Phi) is 7.07. The first-order valence-corrected chi connectivity index (χ1v) is 8.60. The van der Waals surface area contributed by atoms with E-state index in [1.165, 1.54) is 0 Å². The van der Waals surface area contributed by atoms with E-state index < -0.39 is 10.4 Å². The molecular weight excluding hydrogens is 364 g/mol. The monoisotopic (exact) mass is 384 g/mol. The van der Waals surface area contributed by atoms with Gasteiger partial charge in [-0.2, -0.15) is 13.9 Å². The lowest BCUT2D eigenvalue weighted by Crippen LogP contribution is -2.53. The normalized spacial score (nSPS) is 11.2. The predicted octanol–water partition coefficient (Wildman–Crippen LogP) is 0.407. The molecule has 2 rings (SSSR count). The minimum atomic E-state index is -4.92. The number of benzene rings is 1. The average Bonchev–Trinajstić information content (AvgIpc) is 2.53. The summed E-state index contributed by atoms with van der Waals surface area (Å²) in [5, 5.41) is 9.56. The molecule has 142 valence electrons. The van der Waals surface area contributed by atoms with Gasteiger partial charge in [0.1, 0.15) is 22.9 Å². The molecule has 1 aromatic carbocycles. The maximum Gasteiger partial charge on any atom is 0.498 e. The number of phenolic OH excluding ortho intramolecular Hbond substituents is 1. The first kappa shape index (κ1) is 21.4. The number of phenols is 1. The summed E-state index contributed by atoms with van der Waals surface area (Å²) < 4.78 is 41.2. The van der Waals surface area contributed by atoms with Crippen LogP contribution in [-0.4, -0.2) is 34.3 Å². The quantitative estimate of drug-likeness (QED) is 0.445. The van der Waals surface area contributed by atoms with Gasteiger partial charge in [-0.15, -0.1) is 0 Å². The SMILES string of the molecule is COc1ccc(O)cc1C=Cc1cc(C)n(C)c(=O)[n+]1C.O=S(=O)([O-])O. The molecule has 26 heavy (non-hydrogen) atoms. The minimum Gasteiger partial charge on any atom is -0.726 e. The zero-order valence-electron chi connectivity index (χ0n) is 14.7. The Morgan fingerprint density at radius 3 is 2.38 bits per heavy atom. The molecule has 1 aromatic heterocycles. The fourth-order valence-corrected chi connectivity index (χ4v) is 2.08. The summed E-state index contributed by atoms with van der Waals surface area (Å²) in [4.78, 5) is 12.0. The molecule has 0 spiro atoms. The number of aryl methyl sites for hydroxylation is 1. The Morgan fingerprint density at radius 1 is 1.27 bits per heavy atom. The number of nitrogens with zero attached hydrogens (tertiary/aromatic N) is 2. The third kappa shape index (κ3) is 6.31. The molecule has 0 unspecified atom stereocenters. The first-order valence-electron chi connectivity index (χ1n) is 7.24. The van der Waals surface area contributed by atoms with Crippen molar-refractivity contribution in [2.45, 2.75) is 6.92 Å². The van der Waals surface area contributed by atoms with Crippen LogP contribution in [0.15, 0.2) is 29.1 Å². The van der Waals surface area contributed by atoms with Crippen molar-refractivity contribution in [2.75, 3.05) is 7.11 Å². The fraction of sp³-hybridized carbons (Fsp3) is 0.250. The molecule has 0 aliphatic carbocycles. The first-order chi connectivity index (χ1) is 11.9. The molecule has 0 saturated heterocycles. The van der Waals surface area contributed by atoms with Crippen molar-refractivity contribution < 1.29 is 31.9 Å². The van der Waals surface area contributed by atoms with Gasteiger partial charge in [-0.3, -0.25) is 4.55 Å². The van der Waals surface area contributed by atoms with Gasteiger partial charge in [0.25, 0.3) is 0 Å². The molecule has 2 N–H and O–H groups in total. The van der Waals surface area contributed by atoms with Crippen molar-refractivity contribution in [3.63, 3.8) is 0 Å². The van der Waals surface area contributed by atoms with E-state index in [4.69, 9.17) is 22.3 Å². The Morgan fingerprint density at radius 2 is 1.85 bits per heavy atom. The highest BCUT2D eigenvalue weighted by Crippen LogP contribution is 2.24. The molecule has 9 nitrogen and oxygen atoms in total. The predicted molar refractivity (Wildman–Crippen MR) is 93.5 cm³/mol. The molecule has 0 amide bonds. The van der Waals surface area contributed by atoms with Crippen LogP contribution in [0.25, 0.3) is 12.2 Å². The maximum absolute atomic E-state index is 12.0. The van der Waals surface area contributed by atoms with Crippen LogP contribution in [-0.2, 0) is 24.5 Å². The van der Waals surface area contributed by atoms with E-state index in [0.717, 1.165) is 17.0 Å². The Hall–Kier alpha value is -2.69. The van der Waals surface area contributed by atoms with Gasteiger partial charge < -0.3 is 14.4 Å². The number of hydrogen-bond acceptors (Lipinski definition) is 6. The van der Waals surface area contributed by atoms with Crippen molar-refractivity contribution in [3.8, 4) is 11.5 Å². The highest BCUT2D eigenvalue weighted by molar-refractivity contribution is 7.79. The third-order valence-corrected chi connectivity index (χ3v) is 3.49. The molecule has 0 aliphatic heterocycles. The molecule has 0 saturated carbocycles. The van der Waals surface area contributed by atoms with Crippen LogP contribution in [0.5, 0.6) is 11.5 Å². The molecule has 10 heteroatoms. The molecule has 0 bridgehead atoms. The van der Waals surface area contributed by atoms with Crippen LogP contribution in [0.2, 0.25) is 0 Å². The lowest BCUT2D eigenvalue weighted by molar-refractivity contribution is -0.692. The van der Waals surface area contributed by atoms with Crippen LogP contribution in [0.4, 0.5) is 0 Å². The second-order valence-electron chi connectivity index (χ2n) is 5.30. The highest BCUT2D eigenvalue weighted by atomic mass is 32.3. The number of rotatable bonds is 3. The van der Waals surface area contributed by atoms with Gasteiger partial charge in [0.15, 0.2) is 0 Å². The average molecular weight is 384 g/mol. The summed E-state index contributed by atoms with van der Waals surface area (Å²) in [6, 6.07) is 6.80. The fourth-order valence-electron chi connectivity index (χ4n) is 2.08. The topological polar surface area (TPSA) is 133 Å². The van der Waals surface area contributed by atoms with Crippen molar-refractivity contribution in [1.29, 1.82) is 0 Å². The largest absolute Gasteiger partial charge is 0.726 e. The molecule has 0 radical (unpaired) electrons. The van der Waals surface area contributed by atoms with Crippen molar-refractivity contribution in [2.24, 2.45) is 14.1 Å². The van der Waals surface area contributed by atoms with Crippen molar-refractivity contribution >= 4 is 22.6 Å². The molecular formula is C16H20N2O7S. The van der Waals surface area contributed by atoms with Crippen LogP contribution < -0.4 is 15.0 Å². The van der Waals surface area contributed by atoms with Crippen molar-refractivity contribution in [3.05, 3.63) is 51.7 Å². The maximum atomic E-state index is 12.0. The third-order valence-electron chi connectivity index (χ3n) is 3.49. The molecule has 0 aliphatic rings. The lowest BCUT2D eigenvalue weighted by Gasteiger charge is -2.05. The summed E-state index contributed by atoms with van der Waals surface area (Å²) in [7, 11) is 0.122. The zero-order chi connectivity index (χ0) is 20.1. The summed E-state index contributed by atoms with van der Waals surface area (Å²) in [5.74, 6) is 0.826. The summed E-state index contributed by atoms with van der Waals surface area (Å²) in [5.41, 5.74) is 2.31. The summed E-state index contributed by atoms with van der Waals surface area (Å²) in [6.07, 6.45) is 3.64. The van der Waals surface area contributed by atoms with E-state index in [1.54, 1.807) is 48.5 Å². The second-order valence-corrected chi connectivity index (χ2v) is 6.15. The number of aromatic nitrogens is 2. The molecule has 0 fully saturated rings. The number of ether oxygens (including phenoxy) is 1. The Labute approximate surface area is 151 Å². The Balaban J connectivity index is 0.000000597. The van der Waals surface area contributed by atoms with Crippen LogP contribution in [0.1, 0.15) is 17.0 Å². The molecule has 2 aromatic rings. The van der Waals surface area contributed by atoms with E-state index >= 15 is 0 Å². The standard InChI is InChI=1S/C16H18N2O3.H2O4S/c1-11-9-13(18(3)16(20)17(11)2)6-5-12-10-14(19)7-8-15(12)21-4;1-5(2,3)4/h5-10H,1-4H3;(H2,1,2,3,4). The summed E-state index contributed by atoms with van der Waals surface area (Å²) in [6.45, 7) is 1.88. The number of hydrogen-bond donors (Lipinski definition) is 2. The van der Waals surface area contributed by atoms with Crippen LogP contribution in [0.3, 0.4) is 0 Å². The van der Waals surface area contributed by atoms with Gasteiger partial charge in [-0.05, 0) is 37.3 Å². The number of methoxy groups -OCH3 is 1. The van der Waals surface area contributed by atoms with E-state index in [9.17, 15) is 9.90 Å². The van der Waals surface area contributed by atoms with E-state index in [1.807, 2.05) is 25.1 Å². The van der Waals surface area contributed by atoms with Gasteiger partial charge in [0.2, 0.25) is 10.4 Å². The van der Waals surface area contributed by atoms with Gasteiger partial charge in [-0.1, -0.05) is 0 Å². The molecule has 0 atom stereocenters. The van der Waals surface area contributed by atoms with Gasteiger partial charge in [0.05, 0.1) is 21.2 Å². The molecule has 1 heterocycles.